The quantitative estimate of drug-likeness (QED) is 0.702. The zero-order chi connectivity index (χ0) is 10.3. The molecule has 1 rings (SSSR count). The molecule has 0 amide bonds. The largest absolute Gasteiger partial charge is 0.393 e. The summed E-state index contributed by atoms with van der Waals surface area (Å²) in [5, 5.41) is 9.15. The Labute approximate surface area is 80.7 Å². The lowest BCUT2D eigenvalue weighted by atomic mass is 10.1. The fraction of sp³-hybridized carbons (Fsp3) is 0.900. The molecule has 0 aromatic heterocycles. The summed E-state index contributed by atoms with van der Waals surface area (Å²) < 4.78 is 0. The smallest absolute Gasteiger partial charge is 0.143 e. The molecule has 1 aliphatic heterocycles. The van der Waals surface area contributed by atoms with E-state index in [-0.39, 0.29) is 11.9 Å². The average molecular weight is 187 g/mol. The van der Waals surface area contributed by atoms with E-state index < -0.39 is 0 Å². The molecule has 0 spiro atoms. The van der Waals surface area contributed by atoms with Crippen LogP contribution in [0.25, 0.3) is 0 Å². The molecule has 0 aromatic carbocycles. The fourth-order valence-electron chi connectivity index (χ4n) is 1.39. The SMILES string of the molecule is CC.CC(=O)CN1CCC(O)CC1. The van der Waals surface area contributed by atoms with Gasteiger partial charge in [-0.25, -0.2) is 0 Å². The molecule has 0 aromatic rings. The van der Waals surface area contributed by atoms with Crippen molar-refractivity contribution < 1.29 is 9.90 Å². The Morgan fingerprint density at radius 1 is 1.38 bits per heavy atom. The number of rotatable bonds is 2. The standard InChI is InChI=1S/C8H15NO2.C2H6/c1-7(10)6-9-4-2-8(11)3-5-9;1-2/h8,11H,2-6H2,1H3;1-2H3. The third-order valence-electron chi connectivity index (χ3n) is 2.00. The predicted octanol–water partition coefficient (Wildman–Crippen LogP) is 1.06. The van der Waals surface area contributed by atoms with E-state index in [4.69, 9.17) is 5.11 Å². The van der Waals surface area contributed by atoms with Crippen molar-refractivity contribution in [2.45, 2.75) is 39.7 Å². The minimum absolute atomic E-state index is 0.141. The molecule has 0 saturated carbocycles. The lowest BCUT2D eigenvalue weighted by Crippen LogP contribution is -2.38. The van der Waals surface area contributed by atoms with Gasteiger partial charge in [0.2, 0.25) is 0 Å². The van der Waals surface area contributed by atoms with Gasteiger partial charge in [0, 0.05) is 13.1 Å². The van der Waals surface area contributed by atoms with E-state index in [1.54, 1.807) is 6.92 Å². The fourth-order valence-corrected chi connectivity index (χ4v) is 1.39. The van der Waals surface area contributed by atoms with Crippen molar-refractivity contribution in [1.82, 2.24) is 4.90 Å². The number of piperidine rings is 1. The normalized spacial score (nSPS) is 19.1. The van der Waals surface area contributed by atoms with Gasteiger partial charge in [-0.15, -0.1) is 0 Å². The van der Waals surface area contributed by atoms with Crippen molar-refractivity contribution in [1.29, 1.82) is 0 Å². The molecule has 3 heteroatoms. The Kier molecular flexibility index (Phi) is 6.82. The highest BCUT2D eigenvalue weighted by Crippen LogP contribution is 2.08. The summed E-state index contributed by atoms with van der Waals surface area (Å²) in [4.78, 5) is 12.8. The summed E-state index contributed by atoms with van der Waals surface area (Å²) in [6, 6.07) is 0. The maximum Gasteiger partial charge on any atom is 0.143 e. The first-order chi connectivity index (χ1) is 6.18. The molecular formula is C10H21NO2. The van der Waals surface area contributed by atoms with E-state index in [9.17, 15) is 4.79 Å². The first-order valence-corrected chi connectivity index (χ1v) is 5.08. The lowest BCUT2D eigenvalue weighted by molar-refractivity contribution is -0.118. The second-order valence-corrected chi connectivity index (χ2v) is 3.21. The summed E-state index contributed by atoms with van der Waals surface area (Å²) in [6.45, 7) is 7.87. The van der Waals surface area contributed by atoms with Crippen LogP contribution in [0, 0.1) is 0 Å². The summed E-state index contributed by atoms with van der Waals surface area (Å²) in [5.41, 5.74) is 0. The van der Waals surface area contributed by atoms with Crippen molar-refractivity contribution in [2.75, 3.05) is 19.6 Å². The van der Waals surface area contributed by atoms with Gasteiger partial charge in [-0.2, -0.15) is 0 Å². The minimum Gasteiger partial charge on any atom is -0.393 e. The Hall–Kier alpha value is -0.410. The first-order valence-electron chi connectivity index (χ1n) is 5.08. The van der Waals surface area contributed by atoms with Crippen LogP contribution in [0.2, 0.25) is 0 Å². The van der Waals surface area contributed by atoms with Gasteiger partial charge in [-0.1, -0.05) is 13.8 Å². The predicted molar refractivity (Wildman–Crippen MR) is 53.7 cm³/mol. The van der Waals surface area contributed by atoms with Crippen molar-refractivity contribution in [3.63, 3.8) is 0 Å². The third-order valence-corrected chi connectivity index (χ3v) is 2.00. The zero-order valence-electron chi connectivity index (χ0n) is 8.92. The van der Waals surface area contributed by atoms with Crippen molar-refractivity contribution in [3.8, 4) is 0 Å². The van der Waals surface area contributed by atoms with Gasteiger partial charge in [0.25, 0.3) is 0 Å². The maximum atomic E-state index is 10.7. The first kappa shape index (κ1) is 12.6. The maximum absolute atomic E-state index is 10.7. The van der Waals surface area contributed by atoms with Crippen LogP contribution < -0.4 is 0 Å². The van der Waals surface area contributed by atoms with Gasteiger partial charge < -0.3 is 5.11 Å². The van der Waals surface area contributed by atoms with Gasteiger partial charge >= 0.3 is 0 Å². The van der Waals surface area contributed by atoms with E-state index in [1.165, 1.54) is 0 Å². The van der Waals surface area contributed by atoms with Crippen LogP contribution in [0.4, 0.5) is 0 Å². The highest BCUT2D eigenvalue weighted by Gasteiger charge is 2.17. The van der Waals surface area contributed by atoms with E-state index in [1.807, 2.05) is 13.8 Å². The molecule has 78 valence electrons. The third kappa shape index (κ3) is 5.77. The van der Waals surface area contributed by atoms with Gasteiger partial charge in [0.05, 0.1) is 12.6 Å². The molecule has 0 aliphatic carbocycles. The number of aliphatic hydroxyl groups is 1. The Morgan fingerprint density at radius 2 is 1.85 bits per heavy atom. The summed E-state index contributed by atoms with van der Waals surface area (Å²) in [7, 11) is 0. The van der Waals surface area contributed by atoms with Crippen LogP contribution in [0.3, 0.4) is 0 Å². The molecule has 1 heterocycles. The van der Waals surface area contributed by atoms with Gasteiger partial charge in [0.15, 0.2) is 0 Å². The van der Waals surface area contributed by atoms with Crippen molar-refractivity contribution in [3.05, 3.63) is 0 Å². The zero-order valence-corrected chi connectivity index (χ0v) is 8.92. The van der Waals surface area contributed by atoms with E-state index in [2.05, 4.69) is 4.90 Å². The number of carbonyl (C=O) groups excluding carboxylic acids is 1. The van der Waals surface area contributed by atoms with Crippen LogP contribution in [0.1, 0.15) is 33.6 Å². The molecule has 1 aliphatic rings. The summed E-state index contributed by atoms with van der Waals surface area (Å²) in [5.74, 6) is 0.210. The van der Waals surface area contributed by atoms with Gasteiger partial charge in [-0.3, -0.25) is 9.69 Å². The highest BCUT2D eigenvalue weighted by atomic mass is 16.3. The van der Waals surface area contributed by atoms with E-state index in [0.717, 1.165) is 25.9 Å². The summed E-state index contributed by atoms with van der Waals surface area (Å²) in [6.07, 6.45) is 1.49. The molecule has 1 fully saturated rings. The topological polar surface area (TPSA) is 40.5 Å². The molecule has 13 heavy (non-hydrogen) atoms. The van der Waals surface area contributed by atoms with E-state index in [0.29, 0.717) is 6.54 Å². The number of hydrogen-bond donors (Lipinski definition) is 1. The number of aliphatic hydroxyl groups excluding tert-OH is 1. The molecule has 1 N–H and O–H groups in total. The van der Waals surface area contributed by atoms with Crippen LogP contribution in [0.5, 0.6) is 0 Å². The number of Topliss-reactive ketones (excluding diaryl/α,β-unsaturated/α-hetero) is 1. The van der Waals surface area contributed by atoms with Crippen LogP contribution >= 0.6 is 0 Å². The monoisotopic (exact) mass is 187 g/mol. The molecular weight excluding hydrogens is 166 g/mol. The Morgan fingerprint density at radius 3 is 2.23 bits per heavy atom. The minimum atomic E-state index is -0.141. The van der Waals surface area contributed by atoms with Crippen molar-refractivity contribution in [2.24, 2.45) is 0 Å². The van der Waals surface area contributed by atoms with Crippen molar-refractivity contribution >= 4 is 5.78 Å². The average Bonchev–Trinajstić information content (AvgIpc) is 2.12. The van der Waals surface area contributed by atoms with Crippen LogP contribution in [-0.4, -0.2) is 41.5 Å². The number of hydrogen-bond acceptors (Lipinski definition) is 3. The van der Waals surface area contributed by atoms with E-state index >= 15 is 0 Å². The Bertz CT molecular complexity index is 140. The number of likely N-dealkylation sites (tertiary alicyclic amines) is 1. The second kappa shape index (κ2) is 7.04. The Balaban J connectivity index is 0.000000671. The lowest BCUT2D eigenvalue weighted by Gasteiger charge is -2.28. The molecule has 3 nitrogen and oxygen atoms in total. The highest BCUT2D eigenvalue weighted by molar-refractivity contribution is 5.77. The molecule has 0 atom stereocenters. The number of carbonyl (C=O) groups is 1. The van der Waals surface area contributed by atoms with Crippen LogP contribution in [0.15, 0.2) is 0 Å². The molecule has 0 unspecified atom stereocenters. The molecule has 1 saturated heterocycles. The number of ketones is 1. The van der Waals surface area contributed by atoms with Crippen LogP contribution in [-0.2, 0) is 4.79 Å². The summed E-state index contributed by atoms with van der Waals surface area (Å²) >= 11 is 0. The van der Waals surface area contributed by atoms with Gasteiger partial charge in [-0.05, 0) is 19.8 Å². The number of nitrogens with zero attached hydrogens (tertiary/aromatic N) is 1. The molecule has 0 radical (unpaired) electrons. The second-order valence-electron chi connectivity index (χ2n) is 3.21. The van der Waals surface area contributed by atoms with Gasteiger partial charge in [0.1, 0.15) is 5.78 Å². The molecule has 0 bridgehead atoms.